The molecule has 4 rings (SSSR count). The minimum Gasteiger partial charge on any atom is -0.497 e. The molecule has 6 heteroatoms. The first-order valence-electron chi connectivity index (χ1n) is 8.79. The third kappa shape index (κ3) is 3.14. The summed E-state index contributed by atoms with van der Waals surface area (Å²) in [6.07, 6.45) is -0.397. The van der Waals surface area contributed by atoms with E-state index in [1.807, 2.05) is 54.6 Å². The van der Waals surface area contributed by atoms with Gasteiger partial charge in [0.2, 0.25) is 0 Å². The van der Waals surface area contributed by atoms with Crippen LogP contribution in [0.25, 0.3) is 0 Å². The maximum absolute atomic E-state index is 13.2. The number of nitrogens with zero attached hydrogens (tertiary/aromatic N) is 1. The third-order valence-corrected chi connectivity index (χ3v) is 5.02. The molecular formula is C22H19ClN2O3. The van der Waals surface area contributed by atoms with Gasteiger partial charge < -0.3 is 14.8 Å². The Hall–Kier alpha value is -3.18. The Morgan fingerprint density at radius 2 is 1.71 bits per heavy atom. The summed E-state index contributed by atoms with van der Waals surface area (Å²) in [7, 11) is 3.22. The lowest BCUT2D eigenvalue weighted by molar-refractivity contribution is 0.0993. The summed E-state index contributed by atoms with van der Waals surface area (Å²) in [5, 5.41) is 4.07. The molecule has 1 heterocycles. The molecule has 0 radical (unpaired) electrons. The third-order valence-electron chi connectivity index (χ3n) is 4.77. The summed E-state index contributed by atoms with van der Waals surface area (Å²) in [6, 6.07) is 20.3. The number of amides is 1. The van der Waals surface area contributed by atoms with Crippen molar-refractivity contribution >= 4 is 28.9 Å². The Kier molecular flexibility index (Phi) is 4.84. The predicted molar refractivity (Wildman–Crippen MR) is 111 cm³/mol. The molecule has 0 saturated carbocycles. The number of carbonyl (C=O) groups excluding carboxylic acids is 1. The van der Waals surface area contributed by atoms with Gasteiger partial charge in [-0.15, -0.1) is 0 Å². The number of benzene rings is 3. The molecule has 0 aromatic heterocycles. The summed E-state index contributed by atoms with van der Waals surface area (Å²) < 4.78 is 10.8. The molecule has 0 unspecified atom stereocenters. The van der Waals surface area contributed by atoms with Crippen LogP contribution in [0, 0.1) is 0 Å². The Bertz CT molecular complexity index is 1020. The molecule has 1 aliphatic rings. The fourth-order valence-corrected chi connectivity index (χ4v) is 3.53. The summed E-state index contributed by atoms with van der Waals surface area (Å²) >= 11 is 6.03. The molecule has 0 bridgehead atoms. The van der Waals surface area contributed by atoms with E-state index in [1.165, 1.54) is 0 Å². The van der Waals surface area contributed by atoms with Crippen LogP contribution in [-0.2, 0) is 0 Å². The van der Waals surface area contributed by atoms with E-state index in [2.05, 4.69) is 5.32 Å². The van der Waals surface area contributed by atoms with E-state index >= 15 is 0 Å². The minimum atomic E-state index is -0.397. The van der Waals surface area contributed by atoms with Gasteiger partial charge in [0.05, 0.1) is 19.9 Å². The lowest BCUT2D eigenvalue weighted by Gasteiger charge is -2.28. The zero-order valence-corrected chi connectivity index (χ0v) is 16.2. The van der Waals surface area contributed by atoms with Crippen LogP contribution in [0.5, 0.6) is 11.5 Å². The second-order valence-corrected chi connectivity index (χ2v) is 6.79. The van der Waals surface area contributed by atoms with Gasteiger partial charge in [-0.1, -0.05) is 29.8 Å². The second-order valence-electron chi connectivity index (χ2n) is 6.35. The first-order chi connectivity index (χ1) is 13.6. The van der Waals surface area contributed by atoms with E-state index in [-0.39, 0.29) is 5.91 Å². The van der Waals surface area contributed by atoms with E-state index < -0.39 is 6.17 Å². The summed E-state index contributed by atoms with van der Waals surface area (Å²) in [6.45, 7) is 0. The molecule has 1 N–H and O–H groups in total. The van der Waals surface area contributed by atoms with Crippen molar-refractivity contribution in [3.63, 3.8) is 0 Å². The van der Waals surface area contributed by atoms with Crippen molar-refractivity contribution in [3.05, 3.63) is 82.9 Å². The highest BCUT2D eigenvalue weighted by Crippen LogP contribution is 2.40. The number of nitrogens with one attached hydrogen (secondary N) is 1. The highest BCUT2D eigenvalue weighted by molar-refractivity contribution is 6.30. The van der Waals surface area contributed by atoms with Gasteiger partial charge in [0, 0.05) is 27.9 Å². The fourth-order valence-electron chi connectivity index (χ4n) is 3.40. The van der Waals surface area contributed by atoms with Gasteiger partial charge in [-0.2, -0.15) is 0 Å². The van der Waals surface area contributed by atoms with Crippen LogP contribution in [0.1, 0.15) is 22.1 Å². The van der Waals surface area contributed by atoms with Crippen LogP contribution in [0.15, 0.2) is 66.7 Å². The number of rotatable bonds is 5. The Morgan fingerprint density at radius 1 is 0.964 bits per heavy atom. The molecule has 3 aromatic rings. The molecule has 3 aromatic carbocycles. The van der Waals surface area contributed by atoms with Gasteiger partial charge in [-0.05, 0) is 42.5 Å². The maximum atomic E-state index is 13.2. The SMILES string of the molecule is COc1ccc(OC)c(N[C@H]2c3ccccc3C(=O)N2c2ccc(Cl)cc2)c1. The van der Waals surface area contributed by atoms with Crippen LogP contribution < -0.4 is 19.7 Å². The molecule has 0 fully saturated rings. The van der Waals surface area contributed by atoms with E-state index in [4.69, 9.17) is 21.1 Å². The van der Waals surface area contributed by atoms with Crippen LogP contribution in [0.2, 0.25) is 5.02 Å². The van der Waals surface area contributed by atoms with E-state index in [1.54, 1.807) is 31.3 Å². The van der Waals surface area contributed by atoms with E-state index in [0.29, 0.717) is 22.1 Å². The number of halogens is 1. The first kappa shape index (κ1) is 18.2. The monoisotopic (exact) mass is 394 g/mol. The molecule has 0 spiro atoms. The molecule has 1 atom stereocenters. The quantitative estimate of drug-likeness (QED) is 0.651. The van der Waals surface area contributed by atoms with Gasteiger partial charge in [-0.3, -0.25) is 9.69 Å². The average Bonchev–Trinajstić information content (AvgIpc) is 3.00. The molecule has 0 aliphatic carbocycles. The topological polar surface area (TPSA) is 50.8 Å². The molecule has 142 valence electrons. The lowest BCUT2D eigenvalue weighted by atomic mass is 10.1. The molecule has 0 saturated heterocycles. The molecule has 28 heavy (non-hydrogen) atoms. The lowest BCUT2D eigenvalue weighted by Crippen LogP contribution is -2.32. The van der Waals surface area contributed by atoms with Gasteiger partial charge in [-0.25, -0.2) is 0 Å². The molecule has 5 nitrogen and oxygen atoms in total. The van der Waals surface area contributed by atoms with Crippen molar-refractivity contribution in [2.24, 2.45) is 0 Å². The largest absolute Gasteiger partial charge is 0.497 e. The van der Waals surface area contributed by atoms with Crippen LogP contribution >= 0.6 is 11.6 Å². The minimum absolute atomic E-state index is 0.0720. The molecule has 1 amide bonds. The van der Waals surface area contributed by atoms with Crippen molar-refractivity contribution in [3.8, 4) is 11.5 Å². The highest BCUT2D eigenvalue weighted by atomic mass is 35.5. The Labute approximate surface area is 168 Å². The highest BCUT2D eigenvalue weighted by Gasteiger charge is 2.38. The summed E-state index contributed by atoms with van der Waals surface area (Å²) in [5.74, 6) is 1.28. The van der Waals surface area contributed by atoms with Gasteiger partial charge in [0.1, 0.15) is 17.7 Å². The Morgan fingerprint density at radius 3 is 2.43 bits per heavy atom. The first-order valence-corrected chi connectivity index (χ1v) is 9.17. The smallest absolute Gasteiger partial charge is 0.260 e. The number of ether oxygens (including phenoxy) is 2. The van der Waals surface area contributed by atoms with Crippen molar-refractivity contribution < 1.29 is 14.3 Å². The van der Waals surface area contributed by atoms with E-state index in [0.717, 1.165) is 16.9 Å². The average molecular weight is 395 g/mol. The number of methoxy groups -OCH3 is 2. The van der Waals surface area contributed by atoms with Crippen molar-refractivity contribution in [2.45, 2.75) is 6.17 Å². The maximum Gasteiger partial charge on any atom is 0.260 e. The standard InChI is InChI=1S/C22H19ClN2O3/c1-27-16-11-12-20(28-2)19(13-16)24-21-17-5-3-4-6-18(17)22(26)25(21)15-9-7-14(23)8-10-15/h3-13,21,24H,1-2H3/t21-/m1/s1. The number of hydrogen-bond donors (Lipinski definition) is 1. The number of fused-ring (bicyclic) bond motifs is 1. The number of anilines is 2. The molecule has 1 aliphatic heterocycles. The van der Waals surface area contributed by atoms with Crippen molar-refractivity contribution in [1.82, 2.24) is 0 Å². The van der Waals surface area contributed by atoms with Crippen LogP contribution in [-0.4, -0.2) is 20.1 Å². The predicted octanol–water partition coefficient (Wildman–Crippen LogP) is 5.13. The number of hydrogen-bond acceptors (Lipinski definition) is 4. The van der Waals surface area contributed by atoms with Crippen LogP contribution in [0.3, 0.4) is 0 Å². The van der Waals surface area contributed by atoms with Gasteiger partial charge in [0.25, 0.3) is 5.91 Å². The van der Waals surface area contributed by atoms with Gasteiger partial charge in [0.15, 0.2) is 0 Å². The Balaban J connectivity index is 1.80. The molecular weight excluding hydrogens is 376 g/mol. The zero-order chi connectivity index (χ0) is 19.7. The fraction of sp³-hybridized carbons (Fsp3) is 0.136. The van der Waals surface area contributed by atoms with Gasteiger partial charge >= 0.3 is 0 Å². The zero-order valence-electron chi connectivity index (χ0n) is 15.5. The van der Waals surface area contributed by atoms with Crippen molar-refractivity contribution in [1.29, 1.82) is 0 Å². The van der Waals surface area contributed by atoms with E-state index in [9.17, 15) is 4.79 Å². The number of carbonyl (C=O) groups is 1. The normalized spacial score (nSPS) is 15.3. The van der Waals surface area contributed by atoms with Crippen molar-refractivity contribution in [2.75, 3.05) is 24.4 Å². The van der Waals surface area contributed by atoms with Crippen LogP contribution in [0.4, 0.5) is 11.4 Å². The summed E-state index contributed by atoms with van der Waals surface area (Å²) in [5.41, 5.74) is 3.05. The second kappa shape index (κ2) is 7.44. The summed E-state index contributed by atoms with van der Waals surface area (Å²) in [4.78, 5) is 14.9.